The number of aliphatic hydroxyl groups is 1. The molecule has 0 radical (unpaired) electrons. The molecule has 1 rings (SSSR count). The lowest BCUT2D eigenvalue weighted by Crippen LogP contribution is -2.49. The van der Waals surface area contributed by atoms with Crippen molar-refractivity contribution in [1.82, 2.24) is 4.90 Å². The highest BCUT2D eigenvalue weighted by atomic mass is 16.4. The van der Waals surface area contributed by atoms with Crippen molar-refractivity contribution >= 4 is 17.8 Å². The molecule has 1 aliphatic rings. The number of aliphatic hydroxyl groups excluding tert-OH is 1. The van der Waals surface area contributed by atoms with E-state index in [4.69, 9.17) is 15.9 Å². The van der Waals surface area contributed by atoms with Gasteiger partial charge in [-0.05, 0) is 0 Å². The van der Waals surface area contributed by atoms with Gasteiger partial charge in [0.05, 0.1) is 18.6 Å². The van der Waals surface area contributed by atoms with E-state index in [1.54, 1.807) is 0 Å². The van der Waals surface area contributed by atoms with Gasteiger partial charge >= 0.3 is 11.9 Å². The van der Waals surface area contributed by atoms with Gasteiger partial charge in [0, 0.05) is 13.0 Å². The van der Waals surface area contributed by atoms with Crippen molar-refractivity contribution in [2.75, 3.05) is 6.54 Å². The molecule has 5 N–H and O–H groups in total. The molecule has 1 unspecified atom stereocenters. The summed E-state index contributed by atoms with van der Waals surface area (Å²) in [5, 5.41) is 26.7. The van der Waals surface area contributed by atoms with Crippen LogP contribution in [0.5, 0.6) is 0 Å². The first-order valence-electron chi connectivity index (χ1n) is 5.01. The van der Waals surface area contributed by atoms with Gasteiger partial charge in [-0.3, -0.25) is 9.59 Å². The first kappa shape index (κ1) is 13.4. The Balaban J connectivity index is 2.73. The van der Waals surface area contributed by atoms with Gasteiger partial charge in [-0.25, -0.2) is 4.79 Å². The number of likely N-dealkylation sites (tertiary alicyclic amines) is 1. The summed E-state index contributed by atoms with van der Waals surface area (Å²) in [5.41, 5.74) is 5.36. The maximum Gasteiger partial charge on any atom is 0.326 e. The fraction of sp³-hybridized carbons (Fsp3) is 0.667. The Morgan fingerprint density at radius 3 is 2.41 bits per heavy atom. The normalized spacial score (nSPS) is 25.6. The molecule has 0 bridgehead atoms. The van der Waals surface area contributed by atoms with E-state index in [1.165, 1.54) is 0 Å². The van der Waals surface area contributed by atoms with Crippen molar-refractivity contribution in [2.24, 2.45) is 5.73 Å². The zero-order valence-corrected chi connectivity index (χ0v) is 8.94. The maximum atomic E-state index is 11.7. The highest BCUT2D eigenvalue weighted by Crippen LogP contribution is 2.19. The monoisotopic (exact) mass is 246 g/mol. The van der Waals surface area contributed by atoms with Crippen LogP contribution in [0.3, 0.4) is 0 Å². The number of carbonyl (C=O) groups excluding carboxylic acids is 1. The van der Waals surface area contributed by atoms with Gasteiger partial charge in [0.1, 0.15) is 6.04 Å². The number of carbonyl (C=O) groups is 3. The topological polar surface area (TPSA) is 141 Å². The highest BCUT2D eigenvalue weighted by Gasteiger charge is 2.40. The van der Waals surface area contributed by atoms with Crippen molar-refractivity contribution < 1.29 is 29.7 Å². The molecule has 3 atom stereocenters. The fourth-order valence-corrected chi connectivity index (χ4v) is 1.78. The minimum atomic E-state index is -1.29. The van der Waals surface area contributed by atoms with Crippen molar-refractivity contribution in [1.29, 1.82) is 0 Å². The summed E-state index contributed by atoms with van der Waals surface area (Å²) in [6, 6.07) is -2.43. The molecule has 0 aromatic rings. The SMILES string of the molecule is NC(CC(=O)O)C(=O)N1C[C@H](O)C[C@@H]1C(=O)O. The molecular weight excluding hydrogens is 232 g/mol. The molecule has 1 heterocycles. The smallest absolute Gasteiger partial charge is 0.326 e. The molecule has 1 amide bonds. The Bertz CT molecular complexity index is 344. The number of nitrogens with two attached hydrogens (primary N) is 1. The number of carboxylic acid groups (broad SMARTS) is 2. The second-order valence-corrected chi connectivity index (χ2v) is 3.94. The zero-order valence-electron chi connectivity index (χ0n) is 8.94. The lowest BCUT2D eigenvalue weighted by atomic mass is 10.1. The van der Waals surface area contributed by atoms with E-state index in [2.05, 4.69) is 0 Å². The van der Waals surface area contributed by atoms with Gasteiger partial charge in [0.2, 0.25) is 5.91 Å². The van der Waals surface area contributed by atoms with Crippen LogP contribution in [-0.4, -0.2) is 62.8 Å². The Morgan fingerprint density at radius 1 is 1.35 bits per heavy atom. The summed E-state index contributed by atoms with van der Waals surface area (Å²) >= 11 is 0. The molecule has 1 aliphatic heterocycles. The Morgan fingerprint density at radius 2 is 1.94 bits per heavy atom. The quantitative estimate of drug-likeness (QED) is 0.442. The van der Waals surface area contributed by atoms with Crippen molar-refractivity contribution in [3.63, 3.8) is 0 Å². The Kier molecular flexibility index (Phi) is 4.02. The van der Waals surface area contributed by atoms with E-state index in [1.807, 2.05) is 0 Å². The molecule has 0 aromatic heterocycles. The number of β-amino-alcohol motifs (C(OH)–C–C–N with tert-alkyl or cyclic N) is 1. The van der Waals surface area contributed by atoms with Gasteiger partial charge in [-0.1, -0.05) is 0 Å². The predicted octanol–water partition coefficient (Wildman–Crippen LogP) is -2.17. The molecule has 0 aliphatic carbocycles. The first-order chi connectivity index (χ1) is 7.82. The molecule has 17 heavy (non-hydrogen) atoms. The van der Waals surface area contributed by atoms with E-state index in [9.17, 15) is 19.5 Å². The van der Waals surface area contributed by atoms with E-state index in [0.29, 0.717) is 0 Å². The summed E-state index contributed by atoms with van der Waals surface area (Å²) in [6.07, 6.45) is -1.56. The van der Waals surface area contributed by atoms with Crippen LogP contribution < -0.4 is 5.73 Å². The number of hydrogen-bond donors (Lipinski definition) is 4. The Hall–Kier alpha value is -1.67. The summed E-state index contributed by atoms with van der Waals surface area (Å²) in [5.74, 6) is -3.24. The molecule has 0 saturated carbocycles. The molecular formula is C9H14N2O6. The van der Waals surface area contributed by atoms with Crippen LogP contribution in [0.15, 0.2) is 0 Å². The predicted molar refractivity (Wildman–Crippen MR) is 54.0 cm³/mol. The lowest BCUT2D eigenvalue weighted by molar-refractivity contribution is -0.149. The third kappa shape index (κ3) is 3.14. The van der Waals surface area contributed by atoms with E-state index >= 15 is 0 Å². The van der Waals surface area contributed by atoms with Crippen molar-refractivity contribution in [3.05, 3.63) is 0 Å². The van der Waals surface area contributed by atoms with E-state index < -0.39 is 42.5 Å². The second kappa shape index (κ2) is 5.11. The van der Waals surface area contributed by atoms with Crippen LogP contribution in [0.25, 0.3) is 0 Å². The maximum absolute atomic E-state index is 11.7. The molecule has 0 spiro atoms. The van der Waals surface area contributed by atoms with Gasteiger partial charge < -0.3 is 26.0 Å². The molecule has 1 saturated heterocycles. The van der Waals surface area contributed by atoms with E-state index in [0.717, 1.165) is 4.90 Å². The average Bonchev–Trinajstić information content (AvgIpc) is 2.58. The number of hydrogen-bond acceptors (Lipinski definition) is 5. The molecule has 1 fully saturated rings. The minimum Gasteiger partial charge on any atom is -0.481 e. The van der Waals surface area contributed by atoms with E-state index in [-0.39, 0.29) is 13.0 Å². The summed E-state index contributed by atoms with van der Waals surface area (Å²) < 4.78 is 0. The van der Waals surface area contributed by atoms with Gasteiger partial charge in [0.25, 0.3) is 0 Å². The zero-order chi connectivity index (χ0) is 13.2. The molecule has 8 nitrogen and oxygen atoms in total. The minimum absolute atomic E-state index is 0.0686. The number of amides is 1. The second-order valence-electron chi connectivity index (χ2n) is 3.94. The number of carboxylic acids is 2. The molecule has 8 heteroatoms. The molecule has 96 valence electrons. The summed E-state index contributed by atoms with van der Waals surface area (Å²) in [7, 11) is 0. The third-order valence-corrected chi connectivity index (χ3v) is 2.56. The number of aliphatic carboxylic acids is 2. The fourth-order valence-electron chi connectivity index (χ4n) is 1.78. The summed E-state index contributed by atoms with van der Waals surface area (Å²) in [6.45, 7) is -0.136. The van der Waals surface area contributed by atoms with Gasteiger partial charge in [-0.15, -0.1) is 0 Å². The third-order valence-electron chi connectivity index (χ3n) is 2.56. The summed E-state index contributed by atoms with van der Waals surface area (Å²) in [4.78, 5) is 33.9. The highest BCUT2D eigenvalue weighted by molar-refractivity contribution is 5.90. The van der Waals surface area contributed by atoms with Crippen molar-refractivity contribution in [3.8, 4) is 0 Å². The number of nitrogens with zero attached hydrogens (tertiary/aromatic N) is 1. The van der Waals surface area contributed by atoms with Crippen LogP contribution in [-0.2, 0) is 14.4 Å². The number of rotatable bonds is 4. The van der Waals surface area contributed by atoms with Crippen LogP contribution in [0.2, 0.25) is 0 Å². The first-order valence-corrected chi connectivity index (χ1v) is 5.01. The van der Waals surface area contributed by atoms with Crippen molar-refractivity contribution in [2.45, 2.75) is 31.0 Å². The molecule has 0 aromatic carbocycles. The Labute approximate surface area is 96.6 Å². The largest absolute Gasteiger partial charge is 0.481 e. The van der Waals surface area contributed by atoms with Gasteiger partial charge in [-0.2, -0.15) is 0 Å². The standard InChI is InChI=1S/C9H14N2O6/c10-5(2-7(13)14)8(15)11-3-4(12)1-6(11)9(16)17/h4-6,12H,1-3,10H2,(H,13,14)(H,16,17)/t4-,5?,6-/m1/s1. The average molecular weight is 246 g/mol. The van der Waals surface area contributed by atoms with Crippen LogP contribution in [0.1, 0.15) is 12.8 Å². The lowest BCUT2D eigenvalue weighted by Gasteiger charge is -2.23. The van der Waals surface area contributed by atoms with Crippen LogP contribution in [0, 0.1) is 0 Å². The van der Waals surface area contributed by atoms with Crippen LogP contribution in [0.4, 0.5) is 0 Å². The van der Waals surface area contributed by atoms with Gasteiger partial charge in [0.15, 0.2) is 0 Å². The van der Waals surface area contributed by atoms with Crippen LogP contribution >= 0.6 is 0 Å².